The third-order valence-corrected chi connectivity index (χ3v) is 3.93. The van der Waals surface area contributed by atoms with Crippen LogP contribution in [0.25, 0.3) is 0 Å². The molecule has 1 aromatic carbocycles. The van der Waals surface area contributed by atoms with Crippen molar-refractivity contribution in [2.45, 2.75) is 65.0 Å². The summed E-state index contributed by atoms with van der Waals surface area (Å²) in [6.45, 7) is 8.93. The lowest BCUT2D eigenvalue weighted by Crippen LogP contribution is -2.30. The normalized spacial score (nSPS) is 16.7. The lowest BCUT2D eigenvalue weighted by Gasteiger charge is -2.19. The summed E-state index contributed by atoms with van der Waals surface area (Å²) in [4.78, 5) is 0. The van der Waals surface area contributed by atoms with E-state index in [9.17, 15) is 0 Å². The van der Waals surface area contributed by atoms with E-state index in [1.165, 1.54) is 29.5 Å². The van der Waals surface area contributed by atoms with Gasteiger partial charge >= 0.3 is 0 Å². The van der Waals surface area contributed by atoms with E-state index >= 15 is 0 Å². The Bertz CT molecular complexity index is 435. The Morgan fingerprint density at radius 1 is 1.26 bits per heavy atom. The van der Waals surface area contributed by atoms with Crippen molar-refractivity contribution in [2.75, 3.05) is 7.11 Å². The van der Waals surface area contributed by atoms with E-state index in [0.29, 0.717) is 12.0 Å². The summed E-state index contributed by atoms with van der Waals surface area (Å²) in [6, 6.07) is 5.86. The highest BCUT2D eigenvalue weighted by Crippen LogP contribution is 2.30. The molecular weight excluding hydrogens is 234 g/mol. The van der Waals surface area contributed by atoms with Crippen molar-refractivity contribution < 1.29 is 4.74 Å². The summed E-state index contributed by atoms with van der Waals surface area (Å²) >= 11 is 0. The minimum Gasteiger partial charge on any atom is -0.496 e. The molecule has 2 nitrogen and oxygen atoms in total. The van der Waals surface area contributed by atoms with Gasteiger partial charge in [-0.1, -0.05) is 19.9 Å². The molecule has 1 fully saturated rings. The molecule has 1 aliphatic rings. The molecule has 2 rings (SSSR count). The van der Waals surface area contributed by atoms with Crippen LogP contribution in [0.2, 0.25) is 0 Å². The van der Waals surface area contributed by atoms with Gasteiger partial charge in [-0.3, -0.25) is 0 Å². The van der Waals surface area contributed by atoms with Crippen LogP contribution in [-0.2, 0) is 6.42 Å². The van der Waals surface area contributed by atoms with Crippen molar-refractivity contribution in [1.29, 1.82) is 0 Å². The number of hydrogen-bond donors (Lipinski definition) is 1. The van der Waals surface area contributed by atoms with Crippen LogP contribution >= 0.6 is 0 Å². The summed E-state index contributed by atoms with van der Waals surface area (Å²) in [5.74, 6) is 1.53. The first kappa shape index (κ1) is 14.4. The van der Waals surface area contributed by atoms with Crippen molar-refractivity contribution in [3.63, 3.8) is 0 Å². The van der Waals surface area contributed by atoms with Crippen LogP contribution in [0.4, 0.5) is 0 Å². The van der Waals surface area contributed by atoms with Crippen LogP contribution in [0.3, 0.4) is 0 Å². The number of nitrogens with one attached hydrogen (secondary N) is 1. The summed E-state index contributed by atoms with van der Waals surface area (Å²) in [7, 11) is 1.76. The number of hydrogen-bond acceptors (Lipinski definition) is 2. The number of methoxy groups -OCH3 is 1. The third kappa shape index (κ3) is 3.73. The van der Waals surface area contributed by atoms with E-state index in [4.69, 9.17) is 4.74 Å². The Labute approximate surface area is 117 Å². The molecule has 1 unspecified atom stereocenters. The molecule has 0 bridgehead atoms. The predicted molar refractivity (Wildman–Crippen MR) is 81.1 cm³/mol. The van der Waals surface area contributed by atoms with Crippen LogP contribution in [-0.4, -0.2) is 19.2 Å². The zero-order valence-electron chi connectivity index (χ0n) is 12.9. The topological polar surface area (TPSA) is 21.3 Å². The quantitative estimate of drug-likeness (QED) is 0.840. The number of rotatable bonds is 6. The van der Waals surface area contributed by atoms with Gasteiger partial charge in [0.2, 0.25) is 0 Å². The summed E-state index contributed by atoms with van der Waals surface area (Å²) in [6.07, 6.45) is 3.80. The third-order valence-electron chi connectivity index (χ3n) is 3.93. The standard InChI is InChI=1S/C17H27NO/c1-11(2)16-10-14(12(3)8-17(16)19-5)9-13(4)18-15-6-7-15/h8,10-11,13,15,18H,6-7,9H2,1-5H3. The molecule has 0 radical (unpaired) electrons. The Balaban J connectivity index is 2.16. The number of aryl methyl sites for hydroxylation is 1. The molecule has 2 heteroatoms. The van der Waals surface area contributed by atoms with E-state index < -0.39 is 0 Å². The van der Waals surface area contributed by atoms with Gasteiger partial charge in [-0.15, -0.1) is 0 Å². The average Bonchev–Trinajstić information content (AvgIpc) is 3.14. The molecule has 0 aliphatic heterocycles. The molecule has 0 amide bonds. The fraction of sp³-hybridized carbons (Fsp3) is 0.647. The Morgan fingerprint density at radius 3 is 2.47 bits per heavy atom. The van der Waals surface area contributed by atoms with Gasteiger partial charge in [-0.2, -0.15) is 0 Å². The van der Waals surface area contributed by atoms with Crippen LogP contribution in [0.15, 0.2) is 12.1 Å². The van der Waals surface area contributed by atoms with E-state index in [1.54, 1.807) is 7.11 Å². The minimum absolute atomic E-state index is 0.501. The molecule has 1 aliphatic carbocycles. The minimum atomic E-state index is 0.501. The largest absolute Gasteiger partial charge is 0.496 e. The summed E-state index contributed by atoms with van der Waals surface area (Å²) in [5.41, 5.74) is 4.11. The fourth-order valence-corrected chi connectivity index (χ4v) is 2.63. The van der Waals surface area contributed by atoms with E-state index in [1.807, 2.05) is 0 Å². The van der Waals surface area contributed by atoms with Gasteiger partial charge in [0.05, 0.1) is 7.11 Å². The lowest BCUT2D eigenvalue weighted by atomic mass is 9.93. The summed E-state index contributed by atoms with van der Waals surface area (Å²) in [5, 5.41) is 3.68. The van der Waals surface area contributed by atoms with Gasteiger partial charge in [-0.05, 0) is 61.8 Å². The highest BCUT2D eigenvalue weighted by atomic mass is 16.5. The molecule has 19 heavy (non-hydrogen) atoms. The summed E-state index contributed by atoms with van der Waals surface area (Å²) < 4.78 is 5.51. The van der Waals surface area contributed by atoms with Gasteiger partial charge < -0.3 is 10.1 Å². The molecule has 1 N–H and O–H groups in total. The lowest BCUT2D eigenvalue weighted by molar-refractivity contribution is 0.406. The molecule has 0 spiro atoms. The first-order valence-electron chi connectivity index (χ1n) is 7.44. The van der Waals surface area contributed by atoms with Crippen molar-refractivity contribution in [3.05, 3.63) is 28.8 Å². The molecule has 0 aromatic heterocycles. The van der Waals surface area contributed by atoms with Crippen LogP contribution in [0, 0.1) is 6.92 Å². The number of benzene rings is 1. The highest BCUT2D eigenvalue weighted by molar-refractivity contribution is 5.44. The van der Waals surface area contributed by atoms with E-state index in [0.717, 1.165) is 18.2 Å². The van der Waals surface area contributed by atoms with Crippen molar-refractivity contribution in [1.82, 2.24) is 5.32 Å². The zero-order chi connectivity index (χ0) is 14.0. The molecular formula is C17H27NO. The van der Waals surface area contributed by atoms with Crippen LogP contribution in [0.5, 0.6) is 5.75 Å². The molecule has 1 atom stereocenters. The number of ether oxygens (including phenoxy) is 1. The maximum atomic E-state index is 5.51. The van der Waals surface area contributed by atoms with Crippen LogP contribution in [0.1, 0.15) is 56.2 Å². The second-order valence-corrected chi connectivity index (χ2v) is 6.22. The van der Waals surface area contributed by atoms with Gasteiger partial charge in [0.1, 0.15) is 5.75 Å². The molecule has 106 valence electrons. The fourth-order valence-electron chi connectivity index (χ4n) is 2.63. The van der Waals surface area contributed by atoms with E-state index in [2.05, 4.69) is 45.1 Å². The maximum Gasteiger partial charge on any atom is 0.122 e. The van der Waals surface area contributed by atoms with Crippen molar-refractivity contribution >= 4 is 0 Å². The molecule has 1 aromatic rings. The van der Waals surface area contributed by atoms with E-state index in [-0.39, 0.29) is 0 Å². The Kier molecular flexibility index (Phi) is 4.51. The van der Waals surface area contributed by atoms with Crippen LogP contribution < -0.4 is 10.1 Å². The van der Waals surface area contributed by atoms with Crippen molar-refractivity contribution in [2.24, 2.45) is 0 Å². The van der Waals surface area contributed by atoms with Gasteiger partial charge in [0.25, 0.3) is 0 Å². The molecule has 0 heterocycles. The highest BCUT2D eigenvalue weighted by Gasteiger charge is 2.23. The maximum absolute atomic E-state index is 5.51. The first-order valence-corrected chi connectivity index (χ1v) is 7.44. The van der Waals surface area contributed by atoms with Gasteiger partial charge in [0, 0.05) is 12.1 Å². The smallest absolute Gasteiger partial charge is 0.122 e. The molecule has 0 saturated heterocycles. The monoisotopic (exact) mass is 261 g/mol. The first-order chi connectivity index (χ1) is 9.01. The van der Waals surface area contributed by atoms with Gasteiger partial charge in [-0.25, -0.2) is 0 Å². The Hall–Kier alpha value is -1.02. The van der Waals surface area contributed by atoms with Crippen molar-refractivity contribution in [3.8, 4) is 5.75 Å². The second kappa shape index (κ2) is 5.96. The second-order valence-electron chi connectivity index (χ2n) is 6.22. The van der Waals surface area contributed by atoms with Gasteiger partial charge in [0.15, 0.2) is 0 Å². The zero-order valence-corrected chi connectivity index (χ0v) is 12.9. The Morgan fingerprint density at radius 2 is 1.95 bits per heavy atom. The molecule has 1 saturated carbocycles. The SMILES string of the molecule is COc1cc(C)c(CC(C)NC2CC2)cc1C(C)C. The average molecular weight is 261 g/mol. The predicted octanol–water partition coefficient (Wildman–Crippen LogP) is 3.81.